The predicted octanol–water partition coefficient (Wildman–Crippen LogP) is 1.01. The first-order valence-electron chi connectivity index (χ1n) is 6.04. The highest BCUT2D eigenvalue weighted by molar-refractivity contribution is 5.96. The number of carbonyl (C=O) groups excluding carboxylic acids is 1. The highest BCUT2D eigenvalue weighted by Gasteiger charge is 2.31. The summed E-state index contributed by atoms with van der Waals surface area (Å²) in [7, 11) is 0. The van der Waals surface area contributed by atoms with E-state index in [1.165, 1.54) is 0 Å². The van der Waals surface area contributed by atoms with Crippen molar-refractivity contribution >= 4 is 11.9 Å². The molecule has 98 valence electrons. The van der Waals surface area contributed by atoms with E-state index in [0.717, 1.165) is 12.1 Å². The van der Waals surface area contributed by atoms with E-state index < -0.39 is 5.97 Å². The molecule has 1 saturated carbocycles. The number of nitrogens with zero attached hydrogens (tertiary/aromatic N) is 1. The van der Waals surface area contributed by atoms with Gasteiger partial charge in [0.2, 0.25) is 0 Å². The first-order valence-corrected chi connectivity index (χ1v) is 6.04. The second-order valence-corrected chi connectivity index (χ2v) is 4.83. The molecular weight excluding hydrogens is 234 g/mol. The Labute approximate surface area is 105 Å². The van der Waals surface area contributed by atoms with Crippen molar-refractivity contribution in [2.24, 2.45) is 5.92 Å². The number of aliphatic carboxylic acids is 1. The quantitative estimate of drug-likeness (QED) is 0.747. The Morgan fingerprint density at radius 1 is 1.39 bits per heavy atom. The zero-order valence-electron chi connectivity index (χ0n) is 10.5. The zero-order chi connectivity index (χ0) is 13.3. The topological polar surface area (TPSA) is 95.1 Å². The second kappa shape index (κ2) is 4.80. The van der Waals surface area contributed by atoms with Gasteiger partial charge in [-0.25, -0.2) is 0 Å². The number of nitrogens with one attached hydrogen (secondary N) is 2. The molecule has 0 bridgehead atoms. The molecule has 1 aromatic heterocycles. The van der Waals surface area contributed by atoms with E-state index in [0.29, 0.717) is 24.1 Å². The number of carboxylic acids is 1. The van der Waals surface area contributed by atoms with Gasteiger partial charge in [0.05, 0.1) is 17.2 Å². The smallest absolute Gasteiger partial charge is 0.306 e. The molecule has 0 spiro atoms. The summed E-state index contributed by atoms with van der Waals surface area (Å²) in [5.41, 5.74) is 1.96. The maximum Gasteiger partial charge on any atom is 0.306 e. The minimum atomic E-state index is -0.776. The van der Waals surface area contributed by atoms with Crippen LogP contribution in [0.15, 0.2) is 0 Å². The number of H-pyrrole nitrogens is 1. The van der Waals surface area contributed by atoms with E-state index in [4.69, 9.17) is 5.11 Å². The van der Waals surface area contributed by atoms with Gasteiger partial charge in [-0.05, 0) is 33.1 Å². The van der Waals surface area contributed by atoms with Crippen LogP contribution in [0.1, 0.15) is 41.0 Å². The van der Waals surface area contributed by atoms with Gasteiger partial charge in [0.1, 0.15) is 0 Å². The van der Waals surface area contributed by atoms with Crippen molar-refractivity contribution in [3.05, 3.63) is 17.0 Å². The minimum Gasteiger partial charge on any atom is -0.481 e. The Kier molecular flexibility index (Phi) is 3.36. The van der Waals surface area contributed by atoms with Gasteiger partial charge in [-0.1, -0.05) is 0 Å². The number of hydrogen-bond donors (Lipinski definition) is 3. The molecule has 3 N–H and O–H groups in total. The van der Waals surface area contributed by atoms with Gasteiger partial charge in [0.15, 0.2) is 0 Å². The molecule has 2 atom stereocenters. The standard InChI is InChI=1S/C12H17N3O3/c1-6-10(7(2)15-14-6)11(16)13-9-4-3-8(5-9)12(17)18/h8-9H,3-5H2,1-2H3,(H,13,16)(H,14,15)(H,17,18)/t8-,9+/m1/s1. The van der Waals surface area contributed by atoms with Crippen LogP contribution in [0.4, 0.5) is 0 Å². The molecule has 18 heavy (non-hydrogen) atoms. The Morgan fingerprint density at radius 3 is 2.61 bits per heavy atom. The summed E-state index contributed by atoms with van der Waals surface area (Å²) in [4.78, 5) is 22.9. The number of carbonyl (C=O) groups is 2. The SMILES string of the molecule is Cc1n[nH]c(C)c1C(=O)N[C@H]1CC[C@@H](C(=O)O)C1. The zero-order valence-corrected chi connectivity index (χ0v) is 10.5. The van der Waals surface area contributed by atoms with E-state index in [-0.39, 0.29) is 17.9 Å². The van der Waals surface area contributed by atoms with Crippen molar-refractivity contribution in [3.8, 4) is 0 Å². The number of rotatable bonds is 3. The lowest BCUT2D eigenvalue weighted by atomic mass is 10.1. The third-order valence-corrected chi connectivity index (χ3v) is 3.47. The fourth-order valence-corrected chi connectivity index (χ4v) is 2.48. The number of amides is 1. The number of aromatic nitrogens is 2. The molecule has 0 saturated heterocycles. The molecule has 2 rings (SSSR count). The van der Waals surface area contributed by atoms with Crippen molar-refractivity contribution in [2.45, 2.75) is 39.2 Å². The average molecular weight is 251 g/mol. The molecule has 1 aromatic rings. The number of hydrogen-bond acceptors (Lipinski definition) is 3. The lowest BCUT2D eigenvalue weighted by molar-refractivity contribution is -0.141. The number of aromatic amines is 1. The van der Waals surface area contributed by atoms with E-state index in [9.17, 15) is 9.59 Å². The van der Waals surface area contributed by atoms with Gasteiger partial charge in [-0.15, -0.1) is 0 Å². The van der Waals surface area contributed by atoms with Gasteiger partial charge < -0.3 is 10.4 Å². The first kappa shape index (κ1) is 12.6. The Bertz CT molecular complexity index is 461. The highest BCUT2D eigenvalue weighted by Crippen LogP contribution is 2.26. The summed E-state index contributed by atoms with van der Waals surface area (Å²) in [5.74, 6) is -1.28. The summed E-state index contributed by atoms with van der Waals surface area (Å²) in [6, 6.07) is -0.0488. The molecule has 0 aromatic carbocycles. The fraction of sp³-hybridized carbons (Fsp3) is 0.583. The normalized spacial score (nSPS) is 23.0. The van der Waals surface area contributed by atoms with Crippen LogP contribution in [0.2, 0.25) is 0 Å². The molecule has 0 radical (unpaired) electrons. The molecule has 1 aliphatic rings. The second-order valence-electron chi connectivity index (χ2n) is 4.83. The third kappa shape index (κ3) is 2.37. The molecule has 0 unspecified atom stereocenters. The largest absolute Gasteiger partial charge is 0.481 e. The lowest BCUT2D eigenvalue weighted by Crippen LogP contribution is -2.33. The maximum atomic E-state index is 12.1. The van der Waals surface area contributed by atoms with Crippen LogP contribution in [-0.2, 0) is 4.79 Å². The Hall–Kier alpha value is -1.85. The van der Waals surface area contributed by atoms with Crippen LogP contribution in [0.5, 0.6) is 0 Å². The van der Waals surface area contributed by atoms with Crippen LogP contribution < -0.4 is 5.32 Å². The van der Waals surface area contributed by atoms with Crippen molar-refractivity contribution in [1.29, 1.82) is 0 Å². The summed E-state index contributed by atoms with van der Waals surface area (Å²) in [6.45, 7) is 3.57. The molecule has 1 aliphatic carbocycles. The van der Waals surface area contributed by atoms with Crippen molar-refractivity contribution in [1.82, 2.24) is 15.5 Å². The fourth-order valence-electron chi connectivity index (χ4n) is 2.48. The Balaban J connectivity index is 1.99. The predicted molar refractivity (Wildman–Crippen MR) is 64.3 cm³/mol. The van der Waals surface area contributed by atoms with Crippen LogP contribution in [0.25, 0.3) is 0 Å². The summed E-state index contributed by atoms with van der Waals surface area (Å²) < 4.78 is 0. The van der Waals surface area contributed by atoms with Gasteiger partial charge in [-0.2, -0.15) is 5.10 Å². The summed E-state index contributed by atoms with van der Waals surface area (Å²) in [5, 5.41) is 18.5. The lowest BCUT2D eigenvalue weighted by Gasteiger charge is -2.12. The summed E-state index contributed by atoms with van der Waals surface area (Å²) >= 11 is 0. The first-order chi connectivity index (χ1) is 8.49. The molecule has 0 aliphatic heterocycles. The van der Waals surface area contributed by atoms with Crippen LogP contribution in [0.3, 0.4) is 0 Å². The molecule has 1 amide bonds. The maximum absolute atomic E-state index is 12.1. The van der Waals surface area contributed by atoms with Crippen molar-refractivity contribution in [3.63, 3.8) is 0 Å². The minimum absolute atomic E-state index is 0.0488. The van der Waals surface area contributed by atoms with E-state index in [1.54, 1.807) is 13.8 Å². The number of carboxylic acid groups (broad SMARTS) is 1. The molecule has 1 fully saturated rings. The summed E-state index contributed by atoms with van der Waals surface area (Å²) in [6.07, 6.45) is 1.86. The van der Waals surface area contributed by atoms with E-state index in [2.05, 4.69) is 15.5 Å². The van der Waals surface area contributed by atoms with Gasteiger partial charge in [-0.3, -0.25) is 14.7 Å². The van der Waals surface area contributed by atoms with Crippen LogP contribution in [-0.4, -0.2) is 33.2 Å². The van der Waals surface area contributed by atoms with Crippen LogP contribution in [0, 0.1) is 19.8 Å². The monoisotopic (exact) mass is 251 g/mol. The van der Waals surface area contributed by atoms with Gasteiger partial charge in [0.25, 0.3) is 5.91 Å². The molecule has 6 nitrogen and oxygen atoms in total. The van der Waals surface area contributed by atoms with Crippen molar-refractivity contribution in [2.75, 3.05) is 0 Å². The van der Waals surface area contributed by atoms with Crippen LogP contribution >= 0.6 is 0 Å². The average Bonchev–Trinajstić information content (AvgIpc) is 2.86. The molecular formula is C12H17N3O3. The highest BCUT2D eigenvalue weighted by atomic mass is 16.4. The molecule has 6 heteroatoms. The van der Waals surface area contributed by atoms with E-state index in [1.807, 2.05) is 0 Å². The van der Waals surface area contributed by atoms with Gasteiger partial charge in [0, 0.05) is 11.7 Å². The Morgan fingerprint density at radius 2 is 2.11 bits per heavy atom. The third-order valence-electron chi connectivity index (χ3n) is 3.47. The van der Waals surface area contributed by atoms with E-state index >= 15 is 0 Å². The van der Waals surface area contributed by atoms with Gasteiger partial charge >= 0.3 is 5.97 Å². The number of aryl methyl sites for hydroxylation is 2. The van der Waals surface area contributed by atoms with Crippen molar-refractivity contribution < 1.29 is 14.7 Å². The molecule has 1 heterocycles.